The van der Waals surface area contributed by atoms with Gasteiger partial charge in [-0.1, -0.05) is 24.3 Å². The van der Waals surface area contributed by atoms with Gasteiger partial charge in [0.15, 0.2) is 0 Å². The van der Waals surface area contributed by atoms with Crippen molar-refractivity contribution in [3.05, 3.63) is 24.3 Å². The topological polar surface area (TPSA) is 0 Å². The Morgan fingerprint density at radius 3 is 1.38 bits per heavy atom. The molecule has 0 saturated carbocycles. The molecule has 0 N–H and O–H groups in total. The summed E-state index contributed by atoms with van der Waals surface area (Å²) in [4.78, 5) is 0. The maximum absolute atomic E-state index is 2.30. The molecule has 1 heteroatoms. The Balaban J connectivity index is 0.000000320. The smallest absolute Gasteiger partial charge is 0 e. The molecule has 0 atom stereocenters. The minimum atomic E-state index is 0. The molecule has 8 heavy (non-hydrogen) atoms. The molecule has 0 fully saturated rings. The van der Waals surface area contributed by atoms with Crippen molar-refractivity contribution in [2.45, 2.75) is 6.42 Å². The maximum Gasteiger partial charge on any atom is 0 e. The van der Waals surface area contributed by atoms with Gasteiger partial charge in [-0.15, -0.1) is 0 Å². The third kappa shape index (κ3) is 0.799. The van der Waals surface area contributed by atoms with Crippen molar-refractivity contribution in [1.82, 2.24) is 0 Å². The van der Waals surface area contributed by atoms with Gasteiger partial charge in [0.2, 0.25) is 0 Å². The van der Waals surface area contributed by atoms with Crippen LogP contribution in [0, 0.1) is 11.8 Å². The Morgan fingerprint density at radius 2 is 1.25 bits per heavy atom. The molecule has 2 aliphatic carbocycles. The average molecular weight is 193 g/mol. The van der Waals surface area contributed by atoms with Crippen molar-refractivity contribution in [2.24, 2.45) is 11.8 Å². The molecule has 0 radical (unpaired) electrons. The summed E-state index contributed by atoms with van der Waals surface area (Å²) in [5.41, 5.74) is 0. The fourth-order valence-electron chi connectivity index (χ4n) is 1.33. The van der Waals surface area contributed by atoms with Gasteiger partial charge in [0, 0.05) is 19.5 Å². The van der Waals surface area contributed by atoms with E-state index in [9.17, 15) is 0 Å². The molecule has 2 aliphatic rings. The first-order chi connectivity index (χ1) is 3.45. The van der Waals surface area contributed by atoms with Crippen molar-refractivity contribution >= 4 is 0 Å². The van der Waals surface area contributed by atoms with Crippen LogP contribution in [0.2, 0.25) is 0 Å². The van der Waals surface area contributed by atoms with Crippen LogP contribution in [-0.2, 0) is 19.5 Å². The zero-order chi connectivity index (χ0) is 4.69. The first-order valence-corrected chi connectivity index (χ1v) is 2.82. The normalized spacial score (nSPS) is 38.0. The van der Waals surface area contributed by atoms with Crippen LogP contribution in [0.25, 0.3) is 0 Å². The Kier molecular flexibility index (Phi) is 1.67. The number of hydrogen-bond donors (Lipinski definition) is 0. The standard InChI is InChI=1S/C7H8.Ru/c1-2-7-4-3-6(1)5-7;/h1-4,6-7H,5H2;. The van der Waals surface area contributed by atoms with E-state index in [-0.39, 0.29) is 19.5 Å². The molecule has 0 aromatic carbocycles. The van der Waals surface area contributed by atoms with Crippen LogP contribution in [0.3, 0.4) is 0 Å². The second-order valence-electron chi connectivity index (χ2n) is 2.33. The van der Waals surface area contributed by atoms with Crippen LogP contribution >= 0.6 is 0 Å². The molecule has 0 aromatic heterocycles. The first kappa shape index (κ1) is 6.23. The molecule has 0 amide bonds. The van der Waals surface area contributed by atoms with E-state index in [1.807, 2.05) is 0 Å². The van der Waals surface area contributed by atoms with Crippen LogP contribution in [0.5, 0.6) is 0 Å². The Labute approximate surface area is 62.4 Å². The number of fused-ring (bicyclic) bond motifs is 2. The molecular formula is C7H8Ru. The third-order valence-corrected chi connectivity index (χ3v) is 1.76. The van der Waals surface area contributed by atoms with E-state index >= 15 is 0 Å². The quantitative estimate of drug-likeness (QED) is 0.406. The zero-order valence-corrected chi connectivity index (χ0v) is 6.26. The summed E-state index contributed by atoms with van der Waals surface area (Å²) in [5, 5.41) is 0. The van der Waals surface area contributed by atoms with Gasteiger partial charge in [0.25, 0.3) is 0 Å². The Hall–Kier alpha value is 0.103. The first-order valence-electron chi connectivity index (χ1n) is 2.82. The summed E-state index contributed by atoms with van der Waals surface area (Å²) < 4.78 is 0. The Bertz CT molecular complexity index is 107. The van der Waals surface area contributed by atoms with Crippen molar-refractivity contribution in [3.63, 3.8) is 0 Å². The summed E-state index contributed by atoms with van der Waals surface area (Å²) in [6, 6.07) is 0. The second kappa shape index (κ2) is 2.15. The third-order valence-electron chi connectivity index (χ3n) is 1.76. The van der Waals surface area contributed by atoms with E-state index in [4.69, 9.17) is 0 Å². The zero-order valence-electron chi connectivity index (χ0n) is 4.52. The second-order valence-corrected chi connectivity index (χ2v) is 2.33. The van der Waals surface area contributed by atoms with E-state index in [1.165, 1.54) is 6.42 Å². The van der Waals surface area contributed by atoms with E-state index < -0.39 is 0 Å². The van der Waals surface area contributed by atoms with Crippen molar-refractivity contribution < 1.29 is 19.5 Å². The molecule has 0 saturated heterocycles. The van der Waals surface area contributed by atoms with E-state index in [0.717, 1.165) is 11.8 Å². The van der Waals surface area contributed by atoms with Crippen LogP contribution in [-0.4, -0.2) is 0 Å². The van der Waals surface area contributed by atoms with Gasteiger partial charge >= 0.3 is 0 Å². The van der Waals surface area contributed by atoms with Crippen molar-refractivity contribution in [2.75, 3.05) is 0 Å². The molecule has 0 nitrogen and oxygen atoms in total. The van der Waals surface area contributed by atoms with Crippen LogP contribution in [0.15, 0.2) is 24.3 Å². The summed E-state index contributed by atoms with van der Waals surface area (Å²) >= 11 is 0. The van der Waals surface area contributed by atoms with Gasteiger partial charge in [-0.3, -0.25) is 0 Å². The molecule has 0 aliphatic heterocycles. The maximum atomic E-state index is 2.30. The van der Waals surface area contributed by atoms with Gasteiger partial charge < -0.3 is 0 Å². The van der Waals surface area contributed by atoms with Crippen LogP contribution < -0.4 is 0 Å². The monoisotopic (exact) mass is 194 g/mol. The van der Waals surface area contributed by atoms with Gasteiger partial charge in [-0.05, 0) is 18.3 Å². The van der Waals surface area contributed by atoms with Gasteiger partial charge in [-0.2, -0.15) is 0 Å². The van der Waals surface area contributed by atoms with E-state index in [0.29, 0.717) is 0 Å². The predicted molar refractivity (Wildman–Crippen MR) is 29.9 cm³/mol. The van der Waals surface area contributed by atoms with E-state index in [1.54, 1.807) is 0 Å². The van der Waals surface area contributed by atoms with Gasteiger partial charge in [-0.25, -0.2) is 0 Å². The van der Waals surface area contributed by atoms with E-state index in [2.05, 4.69) is 24.3 Å². The largest absolute Gasteiger partial charge is 0.0810 e. The molecule has 2 rings (SSSR count). The number of hydrogen-bond acceptors (Lipinski definition) is 0. The minimum Gasteiger partial charge on any atom is -0.0810 e. The predicted octanol–water partition coefficient (Wildman–Crippen LogP) is 1.75. The fourth-order valence-corrected chi connectivity index (χ4v) is 1.33. The molecule has 44 valence electrons. The molecular weight excluding hydrogens is 185 g/mol. The summed E-state index contributed by atoms with van der Waals surface area (Å²) in [5.74, 6) is 1.62. The van der Waals surface area contributed by atoms with Gasteiger partial charge in [0.1, 0.15) is 0 Å². The minimum absolute atomic E-state index is 0. The van der Waals surface area contributed by atoms with Crippen LogP contribution in [0.1, 0.15) is 6.42 Å². The number of allylic oxidation sites excluding steroid dienone is 4. The van der Waals surface area contributed by atoms with Crippen molar-refractivity contribution in [3.8, 4) is 0 Å². The summed E-state index contributed by atoms with van der Waals surface area (Å²) in [7, 11) is 0. The molecule has 0 spiro atoms. The average Bonchev–Trinajstić information content (AvgIpc) is 2.22. The van der Waals surface area contributed by atoms with Crippen molar-refractivity contribution in [1.29, 1.82) is 0 Å². The molecule has 0 heterocycles. The molecule has 2 bridgehead atoms. The molecule has 0 aromatic rings. The van der Waals surface area contributed by atoms with Gasteiger partial charge in [0.05, 0.1) is 0 Å². The Morgan fingerprint density at radius 1 is 0.875 bits per heavy atom. The summed E-state index contributed by atoms with van der Waals surface area (Å²) in [6.45, 7) is 0. The summed E-state index contributed by atoms with van der Waals surface area (Å²) in [6.07, 6.45) is 10.5. The SMILES string of the molecule is C1=CC2C=CC1C2.[Ru]. The van der Waals surface area contributed by atoms with Crippen LogP contribution in [0.4, 0.5) is 0 Å². The number of rotatable bonds is 0. The molecule has 0 unspecified atom stereocenters. The fraction of sp³-hybridized carbons (Fsp3) is 0.429.